The number of nitrogens with one attached hydrogen (secondary N) is 1. The molecule has 1 rings (SSSR count). The van der Waals surface area contributed by atoms with Gasteiger partial charge in [0.25, 0.3) is 0 Å². The largest absolute Gasteiger partial charge is 0.493 e. The Morgan fingerprint density at radius 2 is 1.90 bits per heavy atom. The summed E-state index contributed by atoms with van der Waals surface area (Å²) in [7, 11) is 4.59. The summed E-state index contributed by atoms with van der Waals surface area (Å²) in [5.41, 5.74) is 1.67. The summed E-state index contributed by atoms with van der Waals surface area (Å²) in [4.78, 5) is 11.2. The Balaban J connectivity index is 2.52. The highest BCUT2D eigenvalue weighted by Gasteiger charge is 2.04. The van der Waals surface area contributed by atoms with Crippen molar-refractivity contribution in [3.05, 3.63) is 35.4 Å². The number of carbonyl (C=O) groups excluding carboxylic acids is 1. The second-order valence-corrected chi connectivity index (χ2v) is 4.20. The third kappa shape index (κ3) is 4.59. The smallest absolute Gasteiger partial charge is 0.333 e. The molecule has 0 radical (unpaired) electrons. The van der Waals surface area contributed by atoms with Gasteiger partial charge in [-0.3, -0.25) is 0 Å². The molecule has 0 saturated heterocycles. The van der Waals surface area contributed by atoms with Crippen LogP contribution < -0.4 is 14.8 Å². The van der Waals surface area contributed by atoms with Crippen molar-refractivity contribution in [2.45, 2.75) is 13.5 Å². The van der Waals surface area contributed by atoms with Gasteiger partial charge in [0.15, 0.2) is 11.5 Å². The van der Waals surface area contributed by atoms with Crippen molar-refractivity contribution >= 4 is 5.97 Å². The minimum absolute atomic E-state index is 0.307. The Bertz CT molecular complexity index is 483. The fraction of sp³-hybridized carbons (Fsp3) is 0.400. The molecule has 1 aromatic rings. The van der Waals surface area contributed by atoms with E-state index in [9.17, 15) is 4.79 Å². The van der Waals surface area contributed by atoms with Crippen LogP contribution in [-0.2, 0) is 16.1 Å². The maximum atomic E-state index is 11.2. The highest BCUT2D eigenvalue weighted by molar-refractivity contribution is 5.87. The lowest BCUT2D eigenvalue weighted by Crippen LogP contribution is -2.14. The molecule has 0 unspecified atom stereocenters. The van der Waals surface area contributed by atoms with Crippen LogP contribution in [0, 0.1) is 0 Å². The highest BCUT2D eigenvalue weighted by Crippen LogP contribution is 2.27. The number of hydrogen-bond donors (Lipinski definition) is 1. The third-order valence-electron chi connectivity index (χ3n) is 2.84. The van der Waals surface area contributed by atoms with E-state index in [0.717, 1.165) is 5.56 Å². The zero-order valence-electron chi connectivity index (χ0n) is 12.4. The summed E-state index contributed by atoms with van der Waals surface area (Å²) in [6, 6.07) is 5.75. The predicted molar refractivity (Wildman–Crippen MR) is 77.0 cm³/mol. The number of hydrogen-bond acceptors (Lipinski definition) is 5. The van der Waals surface area contributed by atoms with E-state index >= 15 is 0 Å². The van der Waals surface area contributed by atoms with Crippen molar-refractivity contribution in [1.82, 2.24) is 5.32 Å². The van der Waals surface area contributed by atoms with E-state index in [2.05, 4.69) is 10.1 Å². The summed E-state index contributed by atoms with van der Waals surface area (Å²) >= 11 is 0. The van der Waals surface area contributed by atoms with Crippen molar-refractivity contribution in [3.63, 3.8) is 0 Å². The summed E-state index contributed by atoms with van der Waals surface area (Å²) in [5.74, 6) is 1.10. The van der Waals surface area contributed by atoms with Gasteiger partial charge in [-0.1, -0.05) is 12.1 Å². The molecule has 0 aromatic heterocycles. The van der Waals surface area contributed by atoms with E-state index < -0.39 is 0 Å². The number of rotatable bonds is 7. The molecule has 0 spiro atoms. The SMILES string of the molecule is COC(=O)/C(C)=C/CNCc1ccc(OC)c(OC)c1. The molecule has 110 valence electrons. The molecular weight excluding hydrogens is 258 g/mol. The van der Waals surface area contributed by atoms with Crippen molar-refractivity contribution in [3.8, 4) is 11.5 Å². The van der Waals surface area contributed by atoms with Crippen LogP contribution in [0.2, 0.25) is 0 Å². The van der Waals surface area contributed by atoms with E-state index in [0.29, 0.717) is 30.2 Å². The minimum atomic E-state index is -0.307. The number of carbonyl (C=O) groups is 1. The zero-order valence-corrected chi connectivity index (χ0v) is 12.4. The molecule has 0 bridgehead atoms. The van der Waals surface area contributed by atoms with E-state index in [-0.39, 0.29) is 5.97 Å². The first kappa shape index (κ1) is 16.0. The van der Waals surface area contributed by atoms with Gasteiger partial charge in [0, 0.05) is 18.7 Å². The molecular formula is C15H21NO4. The monoisotopic (exact) mass is 279 g/mol. The summed E-state index contributed by atoms with van der Waals surface area (Å²) in [5, 5.41) is 3.22. The van der Waals surface area contributed by atoms with Gasteiger partial charge in [-0.15, -0.1) is 0 Å². The van der Waals surface area contributed by atoms with Crippen LogP contribution in [0.15, 0.2) is 29.8 Å². The first-order valence-corrected chi connectivity index (χ1v) is 6.29. The molecule has 5 heteroatoms. The van der Waals surface area contributed by atoms with Gasteiger partial charge < -0.3 is 19.5 Å². The molecule has 1 N–H and O–H groups in total. The van der Waals surface area contributed by atoms with Crippen LogP contribution in [0.25, 0.3) is 0 Å². The average Bonchev–Trinajstić information content (AvgIpc) is 2.50. The quantitative estimate of drug-likeness (QED) is 0.469. The van der Waals surface area contributed by atoms with Gasteiger partial charge in [-0.05, 0) is 24.6 Å². The summed E-state index contributed by atoms with van der Waals surface area (Å²) < 4.78 is 15.0. The maximum Gasteiger partial charge on any atom is 0.333 e. The molecule has 1 aromatic carbocycles. The average molecular weight is 279 g/mol. The van der Waals surface area contributed by atoms with Crippen LogP contribution in [0.4, 0.5) is 0 Å². The summed E-state index contributed by atoms with van der Waals surface area (Å²) in [6.07, 6.45) is 1.80. The Hall–Kier alpha value is -2.01. The third-order valence-corrected chi connectivity index (χ3v) is 2.84. The van der Waals surface area contributed by atoms with Crippen molar-refractivity contribution in [1.29, 1.82) is 0 Å². The first-order valence-electron chi connectivity index (χ1n) is 6.29. The van der Waals surface area contributed by atoms with Gasteiger partial charge in [0.1, 0.15) is 0 Å². The second kappa shape index (κ2) is 8.22. The topological polar surface area (TPSA) is 56.8 Å². The van der Waals surface area contributed by atoms with E-state index in [1.165, 1.54) is 7.11 Å². The maximum absolute atomic E-state index is 11.2. The van der Waals surface area contributed by atoms with Crippen LogP contribution in [0.5, 0.6) is 11.5 Å². The molecule has 0 heterocycles. The predicted octanol–water partition coefficient (Wildman–Crippen LogP) is 1.91. The first-order chi connectivity index (χ1) is 9.62. The Labute approximate surface area is 119 Å². The Morgan fingerprint density at radius 3 is 2.50 bits per heavy atom. The lowest BCUT2D eigenvalue weighted by Gasteiger charge is -2.09. The van der Waals surface area contributed by atoms with Gasteiger partial charge in [-0.25, -0.2) is 4.79 Å². The molecule has 5 nitrogen and oxygen atoms in total. The van der Waals surface area contributed by atoms with Gasteiger partial charge in [0.2, 0.25) is 0 Å². The molecule has 0 aliphatic heterocycles. The van der Waals surface area contributed by atoms with E-state index in [1.807, 2.05) is 18.2 Å². The van der Waals surface area contributed by atoms with Crippen LogP contribution >= 0.6 is 0 Å². The van der Waals surface area contributed by atoms with Crippen LogP contribution in [-0.4, -0.2) is 33.8 Å². The van der Waals surface area contributed by atoms with Gasteiger partial charge >= 0.3 is 5.97 Å². The van der Waals surface area contributed by atoms with Crippen molar-refractivity contribution in [2.24, 2.45) is 0 Å². The lowest BCUT2D eigenvalue weighted by atomic mass is 10.2. The number of methoxy groups -OCH3 is 3. The van der Waals surface area contributed by atoms with Crippen molar-refractivity contribution in [2.75, 3.05) is 27.9 Å². The van der Waals surface area contributed by atoms with Crippen molar-refractivity contribution < 1.29 is 19.0 Å². The number of benzene rings is 1. The van der Waals surface area contributed by atoms with E-state index in [1.54, 1.807) is 27.2 Å². The minimum Gasteiger partial charge on any atom is -0.493 e. The molecule has 0 aliphatic carbocycles. The summed E-state index contributed by atoms with van der Waals surface area (Å²) in [6.45, 7) is 2.99. The molecule has 0 amide bonds. The van der Waals surface area contributed by atoms with E-state index in [4.69, 9.17) is 9.47 Å². The molecule has 0 atom stereocenters. The lowest BCUT2D eigenvalue weighted by molar-refractivity contribution is -0.136. The van der Waals surface area contributed by atoms with Crippen LogP contribution in [0.1, 0.15) is 12.5 Å². The Morgan fingerprint density at radius 1 is 1.20 bits per heavy atom. The van der Waals surface area contributed by atoms with Gasteiger partial charge in [0.05, 0.1) is 21.3 Å². The molecule has 0 aliphatic rings. The number of esters is 1. The highest BCUT2D eigenvalue weighted by atomic mass is 16.5. The van der Waals surface area contributed by atoms with Gasteiger partial charge in [-0.2, -0.15) is 0 Å². The normalized spacial score (nSPS) is 11.1. The standard InChI is InChI=1S/C15H21NO4/c1-11(15(17)20-4)7-8-16-10-12-5-6-13(18-2)14(9-12)19-3/h5-7,9,16H,8,10H2,1-4H3/b11-7+. The molecule has 0 saturated carbocycles. The number of ether oxygens (including phenoxy) is 3. The fourth-order valence-corrected chi connectivity index (χ4v) is 1.68. The molecule has 20 heavy (non-hydrogen) atoms. The van der Waals surface area contributed by atoms with Crippen LogP contribution in [0.3, 0.4) is 0 Å². The zero-order chi connectivity index (χ0) is 15.0. The fourth-order valence-electron chi connectivity index (χ4n) is 1.68. The molecule has 0 fully saturated rings. The Kier molecular flexibility index (Phi) is 6.59. The second-order valence-electron chi connectivity index (χ2n) is 4.20.